The van der Waals surface area contributed by atoms with Crippen LogP contribution < -0.4 is 15.8 Å². The number of benzene rings is 2. The maximum absolute atomic E-state index is 11.8. The Hall–Kier alpha value is -3.20. The van der Waals surface area contributed by atoms with Gasteiger partial charge in [0.25, 0.3) is 0 Å². The first-order valence-corrected chi connectivity index (χ1v) is 13.6. The van der Waals surface area contributed by atoms with Crippen molar-refractivity contribution in [1.82, 2.24) is 9.97 Å². The Morgan fingerprint density at radius 1 is 1.08 bits per heavy atom. The van der Waals surface area contributed by atoms with E-state index in [1.807, 2.05) is 48.8 Å². The summed E-state index contributed by atoms with van der Waals surface area (Å²) in [7, 11) is 0. The molecule has 0 amide bonds. The average Bonchev–Trinajstić information content (AvgIpc) is 2.90. The minimum atomic E-state index is -0.0825. The summed E-state index contributed by atoms with van der Waals surface area (Å²) in [6.07, 6.45) is 3.51. The first kappa shape index (κ1) is 23.2. The maximum Gasteiger partial charge on any atom is 0.249 e. The van der Waals surface area contributed by atoms with Gasteiger partial charge >= 0.3 is 0 Å². The SMILES string of the molecule is Cc1cc(CNc2ccc3c(c2)Sc2cccc(C4CN(c5cc[nH]c(=O)c5)CCO4)c2S3)ccn1. The molecule has 1 atom stereocenters. The average molecular weight is 515 g/mol. The summed E-state index contributed by atoms with van der Waals surface area (Å²) in [5, 5.41) is 3.55. The lowest BCUT2D eigenvalue weighted by Gasteiger charge is -2.36. The molecule has 182 valence electrons. The lowest BCUT2D eigenvalue weighted by molar-refractivity contribution is 0.0379. The number of H-pyrrole nitrogens is 1. The number of morpholine rings is 1. The molecular formula is C28H26N4O2S2. The zero-order valence-corrected chi connectivity index (χ0v) is 21.5. The van der Waals surface area contributed by atoms with Gasteiger partial charge in [0.15, 0.2) is 0 Å². The molecule has 0 aliphatic carbocycles. The number of pyridine rings is 2. The van der Waals surface area contributed by atoms with Crippen LogP contribution in [0.5, 0.6) is 0 Å². The predicted molar refractivity (Wildman–Crippen MR) is 145 cm³/mol. The number of nitrogens with zero attached hydrogens (tertiary/aromatic N) is 2. The van der Waals surface area contributed by atoms with Crippen LogP contribution in [-0.4, -0.2) is 29.7 Å². The van der Waals surface area contributed by atoms with Crippen molar-refractivity contribution in [2.45, 2.75) is 39.2 Å². The number of anilines is 2. The number of aryl methyl sites for hydroxylation is 1. The van der Waals surface area contributed by atoms with Crippen LogP contribution in [0.2, 0.25) is 0 Å². The van der Waals surface area contributed by atoms with Crippen LogP contribution in [0.15, 0.2) is 97.4 Å². The molecule has 0 saturated carbocycles. The highest BCUT2D eigenvalue weighted by atomic mass is 32.2. The Morgan fingerprint density at radius 2 is 2.03 bits per heavy atom. The van der Waals surface area contributed by atoms with E-state index in [0.29, 0.717) is 6.61 Å². The van der Waals surface area contributed by atoms with E-state index in [4.69, 9.17) is 4.74 Å². The fourth-order valence-electron chi connectivity index (χ4n) is 4.61. The molecule has 2 aliphatic heterocycles. The van der Waals surface area contributed by atoms with Crippen LogP contribution in [0, 0.1) is 6.92 Å². The number of aromatic nitrogens is 2. The van der Waals surface area contributed by atoms with Crippen molar-refractivity contribution in [2.24, 2.45) is 0 Å². The van der Waals surface area contributed by atoms with Crippen molar-refractivity contribution in [2.75, 3.05) is 29.9 Å². The zero-order valence-electron chi connectivity index (χ0n) is 19.9. The Bertz CT molecular complexity index is 1470. The molecule has 0 spiro atoms. The van der Waals surface area contributed by atoms with Gasteiger partial charge in [-0.1, -0.05) is 35.7 Å². The van der Waals surface area contributed by atoms with Gasteiger partial charge in [-0.2, -0.15) is 0 Å². The molecule has 2 aromatic heterocycles. The fraction of sp³-hybridized carbons (Fsp3) is 0.214. The van der Waals surface area contributed by atoms with E-state index in [-0.39, 0.29) is 11.7 Å². The quantitative estimate of drug-likeness (QED) is 0.303. The second-order valence-electron chi connectivity index (χ2n) is 8.92. The molecule has 1 saturated heterocycles. The van der Waals surface area contributed by atoms with Gasteiger partial charge in [0.1, 0.15) is 6.10 Å². The zero-order chi connectivity index (χ0) is 24.5. The second-order valence-corrected chi connectivity index (χ2v) is 11.1. The van der Waals surface area contributed by atoms with Crippen molar-refractivity contribution in [3.63, 3.8) is 0 Å². The summed E-state index contributed by atoms with van der Waals surface area (Å²) in [5.41, 5.74) is 5.42. The van der Waals surface area contributed by atoms with Gasteiger partial charge in [0.05, 0.1) is 6.61 Å². The van der Waals surface area contributed by atoms with E-state index in [0.717, 1.165) is 36.7 Å². The Kier molecular flexibility index (Phi) is 6.48. The van der Waals surface area contributed by atoms with Crippen molar-refractivity contribution in [3.8, 4) is 0 Å². The molecule has 4 heterocycles. The van der Waals surface area contributed by atoms with Gasteiger partial charge in [-0.05, 0) is 60.5 Å². The van der Waals surface area contributed by atoms with E-state index < -0.39 is 0 Å². The van der Waals surface area contributed by atoms with E-state index in [1.54, 1.807) is 12.3 Å². The summed E-state index contributed by atoms with van der Waals surface area (Å²) < 4.78 is 6.24. The number of nitrogens with one attached hydrogen (secondary N) is 2. The van der Waals surface area contributed by atoms with Gasteiger partial charge in [0.2, 0.25) is 5.56 Å². The van der Waals surface area contributed by atoms with Crippen LogP contribution in [-0.2, 0) is 11.3 Å². The van der Waals surface area contributed by atoms with Crippen LogP contribution in [0.3, 0.4) is 0 Å². The molecule has 2 N–H and O–H groups in total. The van der Waals surface area contributed by atoms with Gasteiger partial charge in [-0.15, -0.1) is 0 Å². The van der Waals surface area contributed by atoms with E-state index in [2.05, 4.69) is 62.6 Å². The number of ether oxygens (including phenoxy) is 1. The van der Waals surface area contributed by atoms with Crippen LogP contribution in [0.4, 0.5) is 11.4 Å². The van der Waals surface area contributed by atoms with Gasteiger partial charge < -0.3 is 19.9 Å². The first-order chi connectivity index (χ1) is 17.6. The number of aromatic amines is 1. The molecule has 8 heteroatoms. The van der Waals surface area contributed by atoms with Crippen molar-refractivity contribution < 1.29 is 4.74 Å². The summed E-state index contributed by atoms with van der Waals surface area (Å²) in [5.74, 6) is 0. The molecule has 0 radical (unpaired) electrons. The van der Waals surface area contributed by atoms with Gasteiger partial charge in [-0.3, -0.25) is 9.78 Å². The number of rotatable bonds is 5. The van der Waals surface area contributed by atoms with Crippen LogP contribution in [0.1, 0.15) is 22.9 Å². The molecule has 1 fully saturated rings. The summed E-state index contributed by atoms with van der Waals surface area (Å²) in [4.78, 5) is 26.1. The highest BCUT2D eigenvalue weighted by molar-refractivity contribution is 8.05. The fourth-order valence-corrected chi connectivity index (χ4v) is 7.06. The molecule has 1 unspecified atom stereocenters. The smallest absolute Gasteiger partial charge is 0.249 e. The Morgan fingerprint density at radius 3 is 2.92 bits per heavy atom. The van der Waals surface area contributed by atoms with E-state index >= 15 is 0 Å². The number of fused-ring (bicyclic) bond motifs is 2. The predicted octanol–water partition coefficient (Wildman–Crippen LogP) is 5.88. The van der Waals surface area contributed by atoms with Crippen LogP contribution >= 0.6 is 23.5 Å². The highest BCUT2D eigenvalue weighted by Crippen LogP contribution is 2.51. The Labute approximate surface area is 218 Å². The normalized spacial score (nSPS) is 16.8. The summed E-state index contributed by atoms with van der Waals surface area (Å²) >= 11 is 3.63. The third-order valence-corrected chi connectivity index (χ3v) is 8.99. The first-order valence-electron chi connectivity index (χ1n) is 12.0. The van der Waals surface area contributed by atoms with Crippen molar-refractivity contribution in [1.29, 1.82) is 0 Å². The van der Waals surface area contributed by atoms with Crippen molar-refractivity contribution >= 4 is 34.9 Å². The standard InChI is InChI=1S/C28H26N4O2S2/c1-18-13-19(7-9-29-18)16-31-20-5-6-24-26(14-20)35-25-4-2-3-22(28(25)36-24)23-17-32(11-12-34-23)21-8-10-30-27(33)15-21/h2-10,13-15,23,31H,11-12,16-17H2,1H3,(H,30,33). The molecule has 2 aliphatic rings. The van der Waals surface area contributed by atoms with Crippen molar-refractivity contribution in [3.05, 3.63) is 100 Å². The molecule has 4 aromatic rings. The topological polar surface area (TPSA) is 70.2 Å². The Balaban J connectivity index is 1.20. The van der Waals surface area contributed by atoms with E-state index in [9.17, 15) is 4.79 Å². The second kappa shape index (κ2) is 10.0. The third kappa shape index (κ3) is 4.89. The molecule has 2 aromatic carbocycles. The molecule has 6 nitrogen and oxygen atoms in total. The molecule has 0 bridgehead atoms. The summed E-state index contributed by atoms with van der Waals surface area (Å²) in [6, 6.07) is 20.9. The molecule has 36 heavy (non-hydrogen) atoms. The van der Waals surface area contributed by atoms with Gasteiger partial charge in [-0.25, -0.2) is 0 Å². The van der Waals surface area contributed by atoms with Gasteiger partial charge in [0, 0.05) is 74.7 Å². The number of hydrogen-bond donors (Lipinski definition) is 2. The lowest BCUT2D eigenvalue weighted by Crippen LogP contribution is -2.39. The monoisotopic (exact) mass is 514 g/mol. The third-order valence-electron chi connectivity index (χ3n) is 6.38. The number of hydrogen-bond acceptors (Lipinski definition) is 7. The molecular weight excluding hydrogens is 488 g/mol. The van der Waals surface area contributed by atoms with Crippen LogP contribution in [0.25, 0.3) is 0 Å². The summed E-state index contributed by atoms with van der Waals surface area (Å²) in [6.45, 7) is 4.90. The molecule has 6 rings (SSSR count). The maximum atomic E-state index is 11.8. The largest absolute Gasteiger partial charge is 0.381 e. The minimum Gasteiger partial charge on any atom is -0.381 e. The highest BCUT2D eigenvalue weighted by Gasteiger charge is 2.28. The lowest BCUT2D eigenvalue weighted by atomic mass is 10.1. The minimum absolute atomic E-state index is 0.0487. The van der Waals surface area contributed by atoms with E-state index in [1.165, 1.54) is 30.7 Å².